The van der Waals surface area contributed by atoms with E-state index in [4.69, 9.17) is 32.2 Å². The van der Waals surface area contributed by atoms with Crippen LogP contribution in [0.5, 0.6) is 0 Å². The van der Waals surface area contributed by atoms with Gasteiger partial charge in [-0.2, -0.15) is 0 Å². The lowest BCUT2D eigenvalue weighted by atomic mass is 10.4. The van der Waals surface area contributed by atoms with Crippen LogP contribution in [0, 0.1) is 0 Å². The van der Waals surface area contributed by atoms with Crippen molar-refractivity contribution in [1.82, 2.24) is 0 Å². The highest BCUT2D eigenvalue weighted by Crippen LogP contribution is 2.30. The number of ether oxygens (including phenoxy) is 4. The molecule has 22 heavy (non-hydrogen) atoms. The summed E-state index contributed by atoms with van der Waals surface area (Å²) < 4.78 is 39.3. The van der Waals surface area contributed by atoms with E-state index in [1.165, 1.54) is 0 Å². The highest BCUT2D eigenvalue weighted by Gasteiger charge is 2.42. The van der Waals surface area contributed by atoms with Crippen LogP contribution in [0.15, 0.2) is 0 Å². The van der Waals surface area contributed by atoms with E-state index < -0.39 is 21.1 Å². The van der Waals surface area contributed by atoms with E-state index in [1.54, 1.807) is 14.2 Å². The molecule has 1 aliphatic heterocycles. The molecule has 0 aromatic heterocycles. The zero-order valence-corrected chi connectivity index (χ0v) is 15.5. The molecule has 1 saturated heterocycles. The molecule has 0 aromatic rings. The van der Waals surface area contributed by atoms with Gasteiger partial charge < -0.3 is 27.5 Å². The summed E-state index contributed by atoms with van der Waals surface area (Å²) in [7, 11) is 0.546. The Kier molecular flexibility index (Phi) is 8.43. The molecule has 1 aliphatic rings. The molecule has 0 N–H and O–H groups in total. The van der Waals surface area contributed by atoms with Crippen molar-refractivity contribution in [3.63, 3.8) is 0 Å². The van der Waals surface area contributed by atoms with Gasteiger partial charge in [-0.15, -0.1) is 0 Å². The minimum absolute atomic E-state index is 0.0100. The van der Waals surface area contributed by atoms with Gasteiger partial charge in [0.2, 0.25) is 0 Å². The van der Waals surface area contributed by atoms with Gasteiger partial charge in [-0.25, -0.2) is 0 Å². The summed E-state index contributed by atoms with van der Waals surface area (Å²) in [4.78, 5) is 0. The normalized spacial score (nSPS) is 27.3. The van der Waals surface area contributed by atoms with Crippen molar-refractivity contribution < 1.29 is 32.2 Å². The molecule has 0 amide bonds. The molecule has 3 atom stereocenters. The number of hydrogen-bond donors (Lipinski definition) is 0. The van der Waals surface area contributed by atoms with Crippen molar-refractivity contribution in [2.45, 2.75) is 64.9 Å². The molecule has 1 heterocycles. The van der Waals surface area contributed by atoms with Gasteiger partial charge in [-0.05, 0) is 13.3 Å². The van der Waals surface area contributed by atoms with Crippen molar-refractivity contribution in [3.05, 3.63) is 0 Å². The van der Waals surface area contributed by atoms with Crippen LogP contribution >= 0.6 is 0 Å². The standard InChI is InChI=1S/C14H30O7Si/c1-7-13(17-11-19-22(9-3,15-5)16-6)21-14(8-2)18-10-12(4)20-14/h12-13H,7-11H2,1-6H3. The lowest BCUT2D eigenvalue weighted by Crippen LogP contribution is -2.44. The zero-order valence-electron chi connectivity index (χ0n) is 14.5. The third-order valence-electron chi connectivity index (χ3n) is 3.58. The molecule has 7 nitrogen and oxygen atoms in total. The van der Waals surface area contributed by atoms with E-state index in [0.29, 0.717) is 25.5 Å². The highest BCUT2D eigenvalue weighted by molar-refractivity contribution is 6.60. The summed E-state index contributed by atoms with van der Waals surface area (Å²) in [5.41, 5.74) is 0. The SMILES string of the molecule is CCC(OCO[Si](CC)(OC)OC)OC1(CC)OCC(C)O1. The first-order chi connectivity index (χ1) is 10.5. The third kappa shape index (κ3) is 5.24. The van der Waals surface area contributed by atoms with E-state index in [9.17, 15) is 0 Å². The van der Waals surface area contributed by atoms with Crippen molar-refractivity contribution >= 4 is 8.80 Å². The van der Waals surface area contributed by atoms with Crippen molar-refractivity contribution in [2.75, 3.05) is 27.6 Å². The van der Waals surface area contributed by atoms with Gasteiger partial charge in [0.15, 0.2) is 6.29 Å². The van der Waals surface area contributed by atoms with Gasteiger partial charge >= 0.3 is 8.80 Å². The molecule has 8 heteroatoms. The Hall–Kier alpha value is -0.0631. The summed E-state index contributed by atoms with van der Waals surface area (Å²) >= 11 is 0. The molecular weight excluding hydrogens is 308 g/mol. The van der Waals surface area contributed by atoms with Crippen LogP contribution in [0.1, 0.15) is 40.5 Å². The molecule has 1 fully saturated rings. The Balaban J connectivity index is 2.48. The summed E-state index contributed by atoms with van der Waals surface area (Å²) in [5, 5.41) is 0. The van der Waals surface area contributed by atoms with Crippen LogP contribution in [-0.4, -0.2) is 54.8 Å². The highest BCUT2D eigenvalue weighted by atomic mass is 28.4. The summed E-state index contributed by atoms with van der Waals surface area (Å²) in [6.45, 7) is 8.37. The van der Waals surface area contributed by atoms with E-state index in [-0.39, 0.29) is 12.9 Å². The summed E-state index contributed by atoms with van der Waals surface area (Å²) in [6, 6.07) is 0.670. The zero-order chi connectivity index (χ0) is 16.6. The maximum atomic E-state index is 5.87. The maximum Gasteiger partial charge on any atom is 0.501 e. The van der Waals surface area contributed by atoms with Gasteiger partial charge in [0.25, 0.3) is 5.97 Å². The monoisotopic (exact) mass is 338 g/mol. The van der Waals surface area contributed by atoms with E-state index in [1.807, 2.05) is 27.7 Å². The second kappa shape index (κ2) is 9.29. The van der Waals surface area contributed by atoms with Crippen LogP contribution in [0.4, 0.5) is 0 Å². The molecule has 0 aromatic carbocycles. The predicted molar refractivity (Wildman–Crippen MR) is 82.0 cm³/mol. The second-order valence-corrected chi connectivity index (χ2v) is 8.28. The van der Waals surface area contributed by atoms with Crippen LogP contribution in [0.2, 0.25) is 6.04 Å². The average molecular weight is 338 g/mol. The first-order valence-corrected chi connectivity index (χ1v) is 9.77. The Labute approximate surface area is 134 Å². The third-order valence-corrected chi connectivity index (χ3v) is 6.25. The number of rotatable bonds is 11. The Morgan fingerprint density at radius 1 is 1.23 bits per heavy atom. The molecular formula is C14H30O7Si. The van der Waals surface area contributed by atoms with Crippen molar-refractivity contribution in [1.29, 1.82) is 0 Å². The van der Waals surface area contributed by atoms with Crippen LogP contribution in [-0.2, 0) is 32.2 Å². The van der Waals surface area contributed by atoms with Gasteiger partial charge in [-0.1, -0.05) is 20.8 Å². The molecule has 0 spiro atoms. The van der Waals surface area contributed by atoms with Gasteiger partial charge in [-0.3, -0.25) is 4.74 Å². The molecule has 0 radical (unpaired) electrons. The minimum Gasteiger partial charge on any atom is -0.377 e. The smallest absolute Gasteiger partial charge is 0.377 e. The fourth-order valence-corrected chi connectivity index (χ4v) is 3.61. The fourth-order valence-electron chi connectivity index (χ4n) is 2.18. The number of hydrogen-bond acceptors (Lipinski definition) is 7. The first-order valence-electron chi connectivity index (χ1n) is 7.84. The largest absolute Gasteiger partial charge is 0.501 e. The van der Waals surface area contributed by atoms with Gasteiger partial charge in [0, 0.05) is 26.7 Å². The van der Waals surface area contributed by atoms with E-state index in [0.717, 1.165) is 0 Å². The molecule has 132 valence electrons. The second-order valence-electron chi connectivity index (χ2n) is 5.11. The predicted octanol–water partition coefficient (Wildman–Crippen LogP) is 2.48. The van der Waals surface area contributed by atoms with E-state index in [2.05, 4.69) is 0 Å². The lowest BCUT2D eigenvalue weighted by Gasteiger charge is -2.31. The van der Waals surface area contributed by atoms with E-state index >= 15 is 0 Å². The molecule has 0 bridgehead atoms. The van der Waals surface area contributed by atoms with Crippen molar-refractivity contribution in [2.24, 2.45) is 0 Å². The van der Waals surface area contributed by atoms with Gasteiger partial charge in [0.05, 0.1) is 12.7 Å². The fraction of sp³-hybridized carbons (Fsp3) is 1.00. The van der Waals surface area contributed by atoms with Gasteiger partial charge in [0.1, 0.15) is 6.79 Å². The average Bonchev–Trinajstić information content (AvgIpc) is 2.92. The van der Waals surface area contributed by atoms with Crippen LogP contribution in [0.25, 0.3) is 0 Å². The maximum absolute atomic E-state index is 5.87. The lowest BCUT2D eigenvalue weighted by molar-refractivity contribution is -0.390. The quantitative estimate of drug-likeness (QED) is 0.423. The molecule has 3 unspecified atom stereocenters. The van der Waals surface area contributed by atoms with Crippen LogP contribution in [0.3, 0.4) is 0 Å². The topological polar surface area (TPSA) is 64.6 Å². The minimum atomic E-state index is -2.62. The van der Waals surface area contributed by atoms with Crippen molar-refractivity contribution in [3.8, 4) is 0 Å². The Morgan fingerprint density at radius 2 is 1.91 bits per heavy atom. The Morgan fingerprint density at radius 3 is 2.32 bits per heavy atom. The molecule has 0 saturated carbocycles. The van der Waals surface area contributed by atoms with Crippen LogP contribution < -0.4 is 0 Å². The molecule has 1 rings (SSSR count). The summed E-state index contributed by atoms with van der Waals surface area (Å²) in [5.74, 6) is -1.03. The Bertz CT molecular complexity index is 305. The molecule has 0 aliphatic carbocycles. The summed E-state index contributed by atoms with van der Waals surface area (Å²) in [6.07, 6.45) is 0.757. The first kappa shape index (κ1) is 20.0.